The van der Waals surface area contributed by atoms with Gasteiger partial charge in [-0.2, -0.15) is 4.57 Å². The van der Waals surface area contributed by atoms with Crippen LogP contribution in [-0.4, -0.2) is 4.57 Å². The van der Waals surface area contributed by atoms with E-state index in [1.165, 1.54) is 9.09 Å². The third kappa shape index (κ3) is 1.76. The summed E-state index contributed by atoms with van der Waals surface area (Å²) < 4.78 is 5.39. The van der Waals surface area contributed by atoms with E-state index in [0.29, 0.717) is 6.04 Å². The Hall–Kier alpha value is -0.290. The first kappa shape index (κ1) is 11.2. The van der Waals surface area contributed by atoms with E-state index in [4.69, 9.17) is 11.6 Å². The highest BCUT2D eigenvalue weighted by atomic mass is 127. The van der Waals surface area contributed by atoms with Gasteiger partial charge in [-0.05, 0) is 48.0 Å². The molecule has 0 aromatic carbocycles. The van der Waals surface area contributed by atoms with Crippen LogP contribution in [-0.2, 0) is 7.05 Å². The summed E-state index contributed by atoms with van der Waals surface area (Å²) in [6, 6.07) is 2.50. The summed E-state index contributed by atoms with van der Waals surface area (Å²) >= 11 is 8.73. The summed E-state index contributed by atoms with van der Waals surface area (Å²) in [5.41, 5.74) is 1.18. The number of hydrogen-bond acceptors (Lipinski definition) is 0. The number of hydrogen-bond donors (Lipinski definition) is 0. The zero-order valence-electron chi connectivity index (χ0n) is 8.96. The molecule has 2 rings (SSSR count). The first-order chi connectivity index (χ1) is 7.02. The van der Waals surface area contributed by atoms with Gasteiger partial charge in [0.1, 0.15) is 0 Å². The van der Waals surface area contributed by atoms with Gasteiger partial charge < -0.3 is 4.57 Å². The molecule has 0 saturated heterocycles. The predicted molar refractivity (Wildman–Crippen MR) is 71.2 cm³/mol. The number of rotatable bonds is 1. The van der Waals surface area contributed by atoms with Gasteiger partial charge in [-0.3, -0.25) is 0 Å². The number of aromatic nitrogens is 2. The summed E-state index contributed by atoms with van der Waals surface area (Å²) in [5, 5.41) is 1.98. The van der Waals surface area contributed by atoms with Gasteiger partial charge in [0.2, 0.25) is 0 Å². The topological polar surface area (TPSA) is 8.81 Å². The molecule has 0 radical (unpaired) electrons. The fourth-order valence-corrected chi connectivity index (χ4v) is 3.31. The number of halogens is 2. The standard InChI is InChI=1S/C11H13ClIN2/c1-7(2)15-5-4-9-10(11(15)12)8(13)6-14(9)3/h4-7H,1-3H3/q+1. The Labute approximate surface area is 108 Å². The number of nitrogens with zero attached hydrogens (tertiary/aromatic N) is 2. The molecule has 0 unspecified atom stereocenters. The minimum Gasteiger partial charge on any atom is -0.349 e. The molecular formula is C11H13ClIN2+. The zero-order valence-corrected chi connectivity index (χ0v) is 11.9. The number of pyridine rings is 1. The molecule has 0 N–H and O–H groups in total. The van der Waals surface area contributed by atoms with Crippen molar-refractivity contribution in [1.82, 2.24) is 4.57 Å². The summed E-state index contributed by atoms with van der Waals surface area (Å²) in [6.07, 6.45) is 4.15. The highest BCUT2D eigenvalue weighted by Gasteiger charge is 2.19. The second-order valence-corrected chi connectivity index (χ2v) is 5.48. The van der Waals surface area contributed by atoms with Gasteiger partial charge in [0.15, 0.2) is 12.2 Å². The number of fused-ring (bicyclic) bond motifs is 1. The molecule has 2 heterocycles. The van der Waals surface area contributed by atoms with E-state index < -0.39 is 0 Å². The van der Waals surface area contributed by atoms with Crippen molar-refractivity contribution in [2.45, 2.75) is 19.9 Å². The molecule has 2 aromatic heterocycles. The van der Waals surface area contributed by atoms with Gasteiger partial charge in [0.25, 0.3) is 5.15 Å². The van der Waals surface area contributed by atoms with Crippen LogP contribution in [0.25, 0.3) is 10.9 Å². The molecule has 0 spiro atoms. The Morgan fingerprint density at radius 1 is 1.47 bits per heavy atom. The molecule has 15 heavy (non-hydrogen) atoms. The van der Waals surface area contributed by atoms with Crippen molar-refractivity contribution in [2.24, 2.45) is 7.05 Å². The lowest BCUT2D eigenvalue weighted by Crippen LogP contribution is -2.37. The van der Waals surface area contributed by atoms with Gasteiger partial charge in [0, 0.05) is 22.9 Å². The molecule has 4 heteroatoms. The molecule has 0 aliphatic heterocycles. The average Bonchev–Trinajstić information content (AvgIpc) is 2.43. The minimum atomic E-state index is 0.387. The van der Waals surface area contributed by atoms with Crippen molar-refractivity contribution in [3.05, 3.63) is 27.2 Å². The van der Waals surface area contributed by atoms with Crippen molar-refractivity contribution in [1.29, 1.82) is 0 Å². The molecular weight excluding hydrogens is 322 g/mol. The van der Waals surface area contributed by atoms with E-state index in [9.17, 15) is 0 Å². The molecule has 0 saturated carbocycles. The maximum Gasteiger partial charge on any atom is 0.285 e. The van der Waals surface area contributed by atoms with Gasteiger partial charge in [0.05, 0.1) is 10.9 Å². The lowest BCUT2D eigenvalue weighted by molar-refractivity contribution is -0.712. The Bertz CT molecular complexity index is 517. The van der Waals surface area contributed by atoms with Crippen LogP contribution in [0.3, 0.4) is 0 Å². The number of aryl methyl sites for hydroxylation is 1. The molecule has 80 valence electrons. The fourth-order valence-electron chi connectivity index (χ4n) is 1.75. The monoisotopic (exact) mass is 335 g/mol. The largest absolute Gasteiger partial charge is 0.349 e. The summed E-state index contributed by atoms with van der Waals surface area (Å²) in [6.45, 7) is 4.26. The Balaban J connectivity index is 2.84. The first-order valence-electron chi connectivity index (χ1n) is 4.86. The quantitative estimate of drug-likeness (QED) is 0.429. The van der Waals surface area contributed by atoms with E-state index in [0.717, 1.165) is 10.5 Å². The third-order valence-corrected chi connectivity index (χ3v) is 3.77. The van der Waals surface area contributed by atoms with Crippen molar-refractivity contribution < 1.29 is 4.57 Å². The molecule has 0 aliphatic rings. The highest BCUT2D eigenvalue weighted by molar-refractivity contribution is 14.1. The molecule has 0 atom stereocenters. The van der Waals surface area contributed by atoms with Gasteiger partial charge in [-0.25, -0.2) is 0 Å². The predicted octanol–water partition coefficient (Wildman–Crippen LogP) is 3.30. The van der Waals surface area contributed by atoms with Crippen LogP contribution in [0.4, 0.5) is 0 Å². The Kier molecular flexibility index (Phi) is 2.94. The first-order valence-corrected chi connectivity index (χ1v) is 6.32. The van der Waals surface area contributed by atoms with Crippen LogP contribution in [0.2, 0.25) is 5.15 Å². The minimum absolute atomic E-state index is 0.387. The molecule has 0 aliphatic carbocycles. The normalized spacial score (nSPS) is 11.6. The SMILES string of the molecule is CC(C)[n+]1ccc2c(c(I)cn2C)c1Cl. The zero-order chi connectivity index (χ0) is 11.2. The maximum absolute atomic E-state index is 6.40. The van der Waals surface area contributed by atoms with E-state index in [1.54, 1.807) is 0 Å². The summed E-state index contributed by atoms with van der Waals surface area (Å²) in [4.78, 5) is 0. The second-order valence-electron chi connectivity index (χ2n) is 3.96. The average molecular weight is 336 g/mol. The van der Waals surface area contributed by atoms with E-state index in [-0.39, 0.29) is 0 Å². The molecule has 0 bridgehead atoms. The van der Waals surface area contributed by atoms with Crippen molar-refractivity contribution in [3.63, 3.8) is 0 Å². The third-order valence-electron chi connectivity index (χ3n) is 2.56. The summed E-state index contributed by atoms with van der Waals surface area (Å²) in [7, 11) is 2.04. The van der Waals surface area contributed by atoms with Crippen LogP contribution in [0.5, 0.6) is 0 Å². The van der Waals surface area contributed by atoms with Gasteiger partial charge in [-0.15, -0.1) is 0 Å². The second kappa shape index (κ2) is 3.94. The van der Waals surface area contributed by atoms with Crippen molar-refractivity contribution in [3.8, 4) is 0 Å². The van der Waals surface area contributed by atoms with Crippen molar-refractivity contribution in [2.75, 3.05) is 0 Å². The van der Waals surface area contributed by atoms with Crippen LogP contribution >= 0.6 is 34.2 Å². The van der Waals surface area contributed by atoms with E-state index in [1.807, 2.05) is 13.2 Å². The lowest BCUT2D eigenvalue weighted by Gasteiger charge is -2.03. The van der Waals surface area contributed by atoms with Gasteiger partial charge in [-0.1, -0.05) is 0 Å². The Morgan fingerprint density at radius 2 is 2.13 bits per heavy atom. The molecule has 0 fully saturated rings. The molecule has 2 nitrogen and oxygen atoms in total. The lowest BCUT2D eigenvalue weighted by atomic mass is 10.3. The highest BCUT2D eigenvalue weighted by Crippen LogP contribution is 2.27. The van der Waals surface area contributed by atoms with Crippen LogP contribution < -0.4 is 4.57 Å². The van der Waals surface area contributed by atoms with Gasteiger partial charge >= 0.3 is 0 Å². The van der Waals surface area contributed by atoms with Crippen LogP contribution in [0.1, 0.15) is 19.9 Å². The fraction of sp³-hybridized carbons (Fsp3) is 0.364. The molecule has 2 aromatic rings. The summed E-state index contributed by atoms with van der Waals surface area (Å²) in [5.74, 6) is 0. The van der Waals surface area contributed by atoms with Crippen molar-refractivity contribution >= 4 is 45.1 Å². The smallest absolute Gasteiger partial charge is 0.285 e. The van der Waals surface area contributed by atoms with Crippen LogP contribution in [0, 0.1) is 3.57 Å². The van der Waals surface area contributed by atoms with E-state index in [2.05, 4.69) is 57.8 Å². The maximum atomic E-state index is 6.40. The Morgan fingerprint density at radius 3 is 2.73 bits per heavy atom. The molecule has 0 amide bonds. The van der Waals surface area contributed by atoms with E-state index >= 15 is 0 Å². The van der Waals surface area contributed by atoms with Crippen LogP contribution in [0.15, 0.2) is 18.5 Å².